The molecule has 18 heavy (non-hydrogen) atoms. The van der Waals surface area contributed by atoms with Gasteiger partial charge in [0, 0.05) is 18.0 Å². The zero-order valence-corrected chi connectivity index (χ0v) is 11.4. The van der Waals surface area contributed by atoms with Crippen molar-refractivity contribution in [3.63, 3.8) is 0 Å². The number of morpholine rings is 1. The van der Waals surface area contributed by atoms with Gasteiger partial charge in [0.05, 0.1) is 13.2 Å². The first-order valence-electron chi connectivity index (χ1n) is 6.59. The number of rotatable bonds is 2. The summed E-state index contributed by atoms with van der Waals surface area (Å²) in [6.45, 7) is 6.94. The summed E-state index contributed by atoms with van der Waals surface area (Å²) in [7, 11) is 0. The van der Waals surface area contributed by atoms with Crippen molar-refractivity contribution in [1.82, 2.24) is 10.2 Å². The quantitative estimate of drug-likeness (QED) is 0.782. The molecule has 1 unspecified atom stereocenters. The third-order valence-corrected chi connectivity index (χ3v) is 3.26. The molecule has 5 nitrogen and oxygen atoms in total. The fraction of sp³-hybridized carbons (Fsp3) is 0.846. The lowest BCUT2D eigenvalue weighted by molar-refractivity contribution is -0.154. The van der Waals surface area contributed by atoms with Gasteiger partial charge in [-0.15, -0.1) is 0 Å². The number of carbonyl (C=O) groups excluding carboxylic acids is 2. The molecule has 1 atom stereocenters. The van der Waals surface area contributed by atoms with E-state index in [1.54, 1.807) is 4.90 Å². The van der Waals surface area contributed by atoms with Crippen LogP contribution in [0.5, 0.6) is 0 Å². The topological polar surface area (TPSA) is 58.6 Å². The van der Waals surface area contributed by atoms with Gasteiger partial charge in [0.1, 0.15) is 6.04 Å². The molecule has 1 aliphatic heterocycles. The molecule has 0 radical (unpaired) electrons. The third kappa shape index (κ3) is 3.02. The number of hydrogen-bond donors (Lipinski definition) is 1. The number of carbonyl (C=O) groups is 2. The molecule has 102 valence electrons. The zero-order chi connectivity index (χ0) is 13.3. The van der Waals surface area contributed by atoms with E-state index < -0.39 is 11.5 Å². The highest BCUT2D eigenvalue weighted by Crippen LogP contribution is 2.23. The number of amides is 2. The molecule has 2 aliphatic rings. The Morgan fingerprint density at radius 1 is 1.28 bits per heavy atom. The molecule has 2 amide bonds. The summed E-state index contributed by atoms with van der Waals surface area (Å²) >= 11 is 0. The molecule has 0 spiro atoms. The van der Waals surface area contributed by atoms with Crippen LogP contribution in [-0.4, -0.2) is 48.6 Å². The highest BCUT2D eigenvalue weighted by atomic mass is 16.5. The molecule has 0 aromatic carbocycles. The minimum atomic E-state index is -0.467. The molecule has 1 saturated carbocycles. The minimum Gasteiger partial charge on any atom is -0.377 e. The Morgan fingerprint density at radius 3 is 2.50 bits per heavy atom. The van der Waals surface area contributed by atoms with Crippen LogP contribution in [0.1, 0.15) is 33.6 Å². The lowest BCUT2D eigenvalue weighted by Crippen LogP contribution is -2.58. The average molecular weight is 254 g/mol. The third-order valence-electron chi connectivity index (χ3n) is 3.26. The normalized spacial score (nSPS) is 24.8. The van der Waals surface area contributed by atoms with Crippen molar-refractivity contribution in [3.05, 3.63) is 0 Å². The molecule has 0 aromatic rings. The van der Waals surface area contributed by atoms with Crippen molar-refractivity contribution in [3.8, 4) is 0 Å². The van der Waals surface area contributed by atoms with Crippen molar-refractivity contribution in [2.45, 2.75) is 45.7 Å². The second-order valence-electron chi connectivity index (χ2n) is 6.12. The highest BCUT2D eigenvalue weighted by molar-refractivity contribution is 5.90. The van der Waals surface area contributed by atoms with Gasteiger partial charge in [0.25, 0.3) is 0 Å². The van der Waals surface area contributed by atoms with Gasteiger partial charge in [-0.25, -0.2) is 0 Å². The molecular weight excluding hydrogens is 232 g/mol. The van der Waals surface area contributed by atoms with E-state index in [2.05, 4.69) is 5.32 Å². The molecular formula is C13H22N2O3. The summed E-state index contributed by atoms with van der Waals surface area (Å²) in [6, 6.07) is -0.155. The number of nitrogens with one attached hydrogen (secondary N) is 1. The van der Waals surface area contributed by atoms with Crippen LogP contribution in [0.4, 0.5) is 0 Å². The fourth-order valence-electron chi connectivity index (χ4n) is 2.02. The van der Waals surface area contributed by atoms with Gasteiger partial charge in [-0.1, -0.05) is 20.8 Å². The van der Waals surface area contributed by atoms with E-state index in [0.717, 1.165) is 12.8 Å². The van der Waals surface area contributed by atoms with Crippen LogP contribution in [0, 0.1) is 5.41 Å². The van der Waals surface area contributed by atoms with Gasteiger partial charge < -0.3 is 15.0 Å². The summed E-state index contributed by atoms with van der Waals surface area (Å²) in [5.74, 6) is -0.0588. The van der Waals surface area contributed by atoms with Crippen LogP contribution >= 0.6 is 0 Å². The first kappa shape index (κ1) is 13.3. The summed E-state index contributed by atoms with van der Waals surface area (Å²) in [4.78, 5) is 26.1. The van der Waals surface area contributed by atoms with Crippen LogP contribution in [0.3, 0.4) is 0 Å². The van der Waals surface area contributed by atoms with Crippen molar-refractivity contribution in [2.75, 3.05) is 19.8 Å². The van der Waals surface area contributed by atoms with E-state index in [1.165, 1.54) is 0 Å². The Hall–Kier alpha value is -1.10. The van der Waals surface area contributed by atoms with E-state index in [0.29, 0.717) is 25.8 Å². The summed E-state index contributed by atoms with van der Waals surface area (Å²) < 4.78 is 5.34. The van der Waals surface area contributed by atoms with E-state index in [-0.39, 0.29) is 11.8 Å². The Balaban J connectivity index is 2.04. The molecule has 0 aromatic heterocycles. The van der Waals surface area contributed by atoms with Gasteiger partial charge in [-0.2, -0.15) is 0 Å². The Kier molecular flexibility index (Phi) is 3.61. The Labute approximate surface area is 108 Å². The van der Waals surface area contributed by atoms with Gasteiger partial charge in [-0.3, -0.25) is 9.59 Å². The van der Waals surface area contributed by atoms with Crippen molar-refractivity contribution >= 4 is 11.8 Å². The monoisotopic (exact) mass is 254 g/mol. The van der Waals surface area contributed by atoms with Gasteiger partial charge in [-0.05, 0) is 12.8 Å². The second kappa shape index (κ2) is 4.88. The first-order valence-corrected chi connectivity index (χ1v) is 6.59. The number of ether oxygens (including phenoxy) is 1. The predicted molar refractivity (Wildman–Crippen MR) is 66.9 cm³/mol. The van der Waals surface area contributed by atoms with Crippen LogP contribution in [0.25, 0.3) is 0 Å². The first-order chi connectivity index (χ1) is 8.39. The van der Waals surface area contributed by atoms with Crippen LogP contribution in [0.2, 0.25) is 0 Å². The molecule has 0 bridgehead atoms. The molecule has 5 heteroatoms. The van der Waals surface area contributed by atoms with Crippen LogP contribution in [0.15, 0.2) is 0 Å². The van der Waals surface area contributed by atoms with E-state index in [9.17, 15) is 9.59 Å². The molecule has 2 fully saturated rings. The van der Waals surface area contributed by atoms with Crippen molar-refractivity contribution in [1.29, 1.82) is 0 Å². The standard InChI is InChI=1S/C13H22N2O3/c1-13(2,3)12(17)15-6-7-18-8-10(15)11(16)14-9-4-5-9/h9-10H,4-8H2,1-3H3,(H,14,16). The second-order valence-corrected chi connectivity index (χ2v) is 6.12. The molecule has 1 N–H and O–H groups in total. The smallest absolute Gasteiger partial charge is 0.245 e. The maximum atomic E-state index is 12.3. The van der Waals surface area contributed by atoms with Crippen LogP contribution < -0.4 is 5.32 Å². The molecule has 1 heterocycles. The molecule has 1 aliphatic carbocycles. The Morgan fingerprint density at radius 2 is 1.94 bits per heavy atom. The average Bonchev–Trinajstić information content (AvgIpc) is 3.10. The van der Waals surface area contributed by atoms with E-state index >= 15 is 0 Å². The predicted octanol–water partition coefficient (Wildman–Crippen LogP) is 0.539. The Bertz CT molecular complexity index is 345. The molecule has 1 saturated heterocycles. The summed E-state index contributed by atoms with van der Waals surface area (Å²) in [5, 5.41) is 2.95. The lowest BCUT2D eigenvalue weighted by atomic mass is 9.93. The van der Waals surface area contributed by atoms with Gasteiger partial charge in [0.2, 0.25) is 11.8 Å². The maximum absolute atomic E-state index is 12.3. The lowest BCUT2D eigenvalue weighted by Gasteiger charge is -2.38. The minimum absolute atomic E-state index is 0.0155. The van der Waals surface area contributed by atoms with E-state index in [4.69, 9.17) is 4.74 Å². The van der Waals surface area contributed by atoms with Crippen molar-refractivity contribution in [2.24, 2.45) is 5.41 Å². The van der Waals surface area contributed by atoms with Gasteiger partial charge in [0.15, 0.2) is 0 Å². The fourth-order valence-corrected chi connectivity index (χ4v) is 2.02. The molecule has 2 rings (SSSR count). The zero-order valence-electron chi connectivity index (χ0n) is 11.4. The maximum Gasteiger partial charge on any atom is 0.245 e. The SMILES string of the molecule is CC(C)(C)C(=O)N1CCOCC1C(=O)NC1CC1. The summed E-state index contributed by atoms with van der Waals surface area (Å²) in [5.41, 5.74) is -0.463. The summed E-state index contributed by atoms with van der Waals surface area (Å²) in [6.07, 6.45) is 2.10. The van der Waals surface area contributed by atoms with E-state index in [1.807, 2.05) is 20.8 Å². The number of hydrogen-bond acceptors (Lipinski definition) is 3. The number of nitrogens with zero attached hydrogens (tertiary/aromatic N) is 1. The highest BCUT2D eigenvalue weighted by Gasteiger charge is 2.38. The largest absolute Gasteiger partial charge is 0.377 e. The van der Waals surface area contributed by atoms with Crippen LogP contribution in [-0.2, 0) is 14.3 Å². The van der Waals surface area contributed by atoms with Crippen molar-refractivity contribution < 1.29 is 14.3 Å². The van der Waals surface area contributed by atoms with Gasteiger partial charge >= 0.3 is 0 Å².